The lowest BCUT2D eigenvalue weighted by Gasteiger charge is -2.16. The van der Waals surface area contributed by atoms with Gasteiger partial charge in [-0.3, -0.25) is 4.79 Å². The summed E-state index contributed by atoms with van der Waals surface area (Å²) in [5, 5.41) is 12.6. The molecule has 1 N–H and O–H groups in total. The molecular weight excluding hydrogens is 430 g/mol. The second kappa shape index (κ2) is 9.70. The van der Waals surface area contributed by atoms with Crippen LogP contribution in [-0.4, -0.2) is 15.5 Å². The number of para-hydroxylation sites is 1. The summed E-state index contributed by atoms with van der Waals surface area (Å²) in [6, 6.07) is 38.6. The summed E-state index contributed by atoms with van der Waals surface area (Å²) in [7, 11) is 1.88. The van der Waals surface area contributed by atoms with E-state index in [9.17, 15) is 9.90 Å². The third-order valence-electron chi connectivity index (χ3n) is 6.16. The van der Waals surface area contributed by atoms with Gasteiger partial charge in [-0.05, 0) is 34.9 Å². The molecule has 0 aliphatic rings. The molecule has 5 rings (SSSR count). The monoisotopic (exact) mass is 455 g/mol. The topological polar surface area (TPSA) is 42.2 Å². The standard InChI is InChI=1S/C32H25NO2/c1-33-28-20-12-11-19-26(28)22-29(33)32(35)30(31(34)25-17-9-4-10-18-25)27(24-15-7-3-8-16-24)21-23-13-5-2-6-14-23/h2-22,34H,1H3/b27-21-,31-30-. The fourth-order valence-corrected chi connectivity index (χ4v) is 4.37. The van der Waals surface area contributed by atoms with Crippen molar-refractivity contribution in [2.24, 2.45) is 7.05 Å². The maximum Gasteiger partial charge on any atom is 0.213 e. The number of benzene rings is 4. The molecule has 0 aliphatic heterocycles. The lowest BCUT2D eigenvalue weighted by molar-refractivity contribution is 0.103. The van der Waals surface area contributed by atoms with Crippen molar-refractivity contribution in [3.8, 4) is 0 Å². The summed E-state index contributed by atoms with van der Waals surface area (Å²) >= 11 is 0. The lowest BCUT2D eigenvalue weighted by Crippen LogP contribution is -2.12. The molecule has 3 heteroatoms. The number of fused-ring (bicyclic) bond motifs is 1. The van der Waals surface area contributed by atoms with Crippen LogP contribution in [0.1, 0.15) is 27.2 Å². The van der Waals surface area contributed by atoms with Crippen molar-refractivity contribution < 1.29 is 9.90 Å². The first-order valence-corrected chi connectivity index (χ1v) is 11.5. The highest BCUT2D eigenvalue weighted by atomic mass is 16.3. The Balaban J connectivity index is 1.79. The largest absolute Gasteiger partial charge is 0.507 e. The number of allylic oxidation sites excluding steroid dienone is 2. The molecule has 0 fully saturated rings. The number of Topliss-reactive ketones (excluding diaryl/α,β-unsaturated/α-hetero) is 1. The number of carbonyl (C=O) groups is 1. The molecule has 0 spiro atoms. The van der Waals surface area contributed by atoms with Crippen molar-refractivity contribution in [2.75, 3.05) is 0 Å². The van der Waals surface area contributed by atoms with Crippen LogP contribution in [0.2, 0.25) is 0 Å². The van der Waals surface area contributed by atoms with Gasteiger partial charge in [-0.2, -0.15) is 0 Å². The molecule has 170 valence electrons. The van der Waals surface area contributed by atoms with Gasteiger partial charge in [0.15, 0.2) is 0 Å². The fourth-order valence-electron chi connectivity index (χ4n) is 4.37. The van der Waals surface area contributed by atoms with Crippen LogP contribution < -0.4 is 0 Å². The normalized spacial score (nSPS) is 12.4. The Kier molecular flexibility index (Phi) is 6.15. The van der Waals surface area contributed by atoms with Crippen molar-refractivity contribution in [3.05, 3.63) is 149 Å². The van der Waals surface area contributed by atoms with E-state index >= 15 is 0 Å². The molecule has 5 aromatic rings. The average molecular weight is 456 g/mol. The van der Waals surface area contributed by atoms with Crippen molar-refractivity contribution in [1.82, 2.24) is 4.57 Å². The van der Waals surface area contributed by atoms with Crippen LogP contribution >= 0.6 is 0 Å². The minimum Gasteiger partial charge on any atom is -0.507 e. The first-order valence-electron chi connectivity index (χ1n) is 11.5. The van der Waals surface area contributed by atoms with Gasteiger partial charge in [0.2, 0.25) is 5.78 Å². The minimum atomic E-state index is -0.240. The molecule has 1 heterocycles. The number of aromatic nitrogens is 1. The number of nitrogens with zero attached hydrogens (tertiary/aromatic N) is 1. The molecule has 0 aliphatic carbocycles. The van der Waals surface area contributed by atoms with Gasteiger partial charge in [-0.15, -0.1) is 0 Å². The maximum atomic E-state index is 14.3. The quantitative estimate of drug-likeness (QED) is 0.0943. The third kappa shape index (κ3) is 4.44. The predicted molar refractivity (Wildman–Crippen MR) is 144 cm³/mol. The molecule has 0 amide bonds. The van der Waals surface area contributed by atoms with E-state index in [1.807, 2.05) is 139 Å². The van der Waals surface area contributed by atoms with Gasteiger partial charge in [0.1, 0.15) is 5.76 Å². The van der Waals surface area contributed by atoms with Gasteiger partial charge in [-0.25, -0.2) is 0 Å². The summed E-state index contributed by atoms with van der Waals surface area (Å²) < 4.78 is 1.89. The van der Waals surface area contributed by atoms with Crippen LogP contribution in [0.4, 0.5) is 0 Å². The molecule has 0 atom stereocenters. The van der Waals surface area contributed by atoms with Crippen LogP contribution in [0, 0.1) is 0 Å². The van der Waals surface area contributed by atoms with Crippen LogP contribution in [0.3, 0.4) is 0 Å². The number of ketones is 1. The molecule has 4 aromatic carbocycles. The Morgan fingerprint density at radius 1 is 0.714 bits per heavy atom. The SMILES string of the molecule is Cn1c(C(=O)C(/C(=C\c2ccccc2)c2ccccc2)=C(\O)c2ccccc2)cc2ccccc21. The fraction of sp³-hybridized carbons (Fsp3) is 0.0312. The number of hydrogen-bond donors (Lipinski definition) is 1. The smallest absolute Gasteiger partial charge is 0.213 e. The lowest BCUT2D eigenvalue weighted by atomic mass is 9.89. The summed E-state index contributed by atoms with van der Waals surface area (Å²) in [4.78, 5) is 14.3. The number of carbonyl (C=O) groups excluding carboxylic acids is 1. The van der Waals surface area contributed by atoms with Gasteiger partial charge < -0.3 is 9.67 Å². The van der Waals surface area contributed by atoms with Crippen molar-refractivity contribution in [2.45, 2.75) is 0 Å². The zero-order valence-electron chi connectivity index (χ0n) is 19.4. The zero-order chi connectivity index (χ0) is 24.2. The Morgan fingerprint density at radius 2 is 1.26 bits per heavy atom. The highest BCUT2D eigenvalue weighted by Crippen LogP contribution is 2.34. The molecule has 0 radical (unpaired) electrons. The number of aliphatic hydroxyl groups is 1. The van der Waals surface area contributed by atoms with Gasteiger partial charge in [0.25, 0.3) is 0 Å². The zero-order valence-corrected chi connectivity index (χ0v) is 19.4. The summed E-state index contributed by atoms with van der Waals surface area (Å²) in [6.07, 6.45) is 1.96. The van der Waals surface area contributed by atoms with E-state index in [4.69, 9.17) is 0 Å². The number of hydrogen-bond acceptors (Lipinski definition) is 2. The molecular formula is C32H25NO2. The van der Waals surface area contributed by atoms with Crippen molar-refractivity contribution in [3.63, 3.8) is 0 Å². The van der Waals surface area contributed by atoms with E-state index in [1.54, 1.807) is 0 Å². The van der Waals surface area contributed by atoms with E-state index in [1.165, 1.54) is 0 Å². The highest BCUT2D eigenvalue weighted by molar-refractivity contribution is 6.24. The summed E-state index contributed by atoms with van der Waals surface area (Å²) in [5.41, 5.74) is 4.77. The van der Waals surface area contributed by atoms with Crippen LogP contribution in [0.5, 0.6) is 0 Å². The summed E-state index contributed by atoms with van der Waals surface area (Å²) in [6.45, 7) is 0. The minimum absolute atomic E-state index is 0.0492. The molecule has 0 bridgehead atoms. The van der Waals surface area contributed by atoms with Gasteiger partial charge in [0, 0.05) is 23.5 Å². The highest BCUT2D eigenvalue weighted by Gasteiger charge is 2.26. The molecule has 1 aromatic heterocycles. The van der Waals surface area contributed by atoms with Gasteiger partial charge >= 0.3 is 0 Å². The number of rotatable bonds is 6. The molecule has 0 unspecified atom stereocenters. The second-order valence-corrected chi connectivity index (χ2v) is 8.40. The Morgan fingerprint density at radius 3 is 1.89 bits per heavy atom. The van der Waals surface area contributed by atoms with Crippen LogP contribution in [0.25, 0.3) is 28.3 Å². The van der Waals surface area contributed by atoms with E-state index < -0.39 is 0 Å². The Bertz CT molecular complexity index is 1540. The van der Waals surface area contributed by atoms with Gasteiger partial charge in [-0.1, -0.05) is 109 Å². The van der Waals surface area contributed by atoms with Crippen LogP contribution in [-0.2, 0) is 7.05 Å². The number of aliphatic hydroxyl groups excluding tert-OH is 1. The molecule has 35 heavy (non-hydrogen) atoms. The van der Waals surface area contributed by atoms with Gasteiger partial charge in [0.05, 0.1) is 11.3 Å². The Hall–Kier alpha value is -4.63. The van der Waals surface area contributed by atoms with E-state index in [0.717, 1.165) is 22.0 Å². The van der Waals surface area contributed by atoms with E-state index in [-0.39, 0.29) is 17.1 Å². The first kappa shape index (κ1) is 22.2. The second-order valence-electron chi connectivity index (χ2n) is 8.40. The molecule has 3 nitrogen and oxygen atoms in total. The summed E-state index contributed by atoms with van der Waals surface area (Å²) in [5.74, 6) is -0.289. The Labute approximate surface area is 204 Å². The van der Waals surface area contributed by atoms with Crippen molar-refractivity contribution in [1.29, 1.82) is 0 Å². The number of aryl methyl sites for hydroxylation is 1. The molecule has 0 saturated carbocycles. The molecule has 0 saturated heterocycles. The maximum absolute atomic E-state index is 14.3. The third-order valence-corrected chi connectivity index (χ3v) is 6.16. The van der Waals surface area contributed by atoms with E-state index in [0.29, 0.717) is 16.8 Å². The predicted octanol–water partition coefficient (Wildman–Crippen LogP) is 7.57. The van der Waals surface area contributed by atoms with E-state index in [2.05, 4.69) is 0 Å². The van der Waals surface area contributed by atoms with Crippen LogP contribution in [0.15, 0.2) is 127 Å². The van der Waals surface area contributed by atoms with Crippen molar-refractivity contribution >= 4 is 34.1 Å². The average Bonchev–Trinajstić information content (AvgIpc) is 3.26. The first-order chi connectivity index (χ1) is 17.1.